The molecule has 0 fully saturated rings. The van der Waals surface area contributed by atoms with Gasteiger partial charge in [-0.25, -0.2) is 8.78 Å². The van der Waals surface area contributed by atoms with Crippen molar-refractivity contribution < 1.29 is 18.0 Å². The van der Waals surface area contributed by atoms with E-state index in [1.54, 1.807) is 13.0 Å². The normalized spacial score (nSPS) is 10.4. The Labute approximate surface area is 90.6 Å². The summed E-state index contributed by atoms with van der Waals surface area (Å²) in [4.78, 5) is 0. The molecular formula is C11H9F2NO2. The van der Waals surface area contributed by atoms with Crippen LogP contribution in [-0.4, -0.2) is 5.16 Å². The van der Waals surface area contributed by atoms with Gasteiger partial charge in [-0.05, 0) is 19.1 Å². The van der Waals surface area contributed by atoms with Crippen LogP contribution in [0.2, 0.25) is 0 Å². The van der Waals surface area contributed by atoms with Crippen molar-refractivity contribution in [2.45, 2.75) is 13.5 Å². The van der Waals surface area contributed by atoms with Crippen molar-refractivity contribution in [1.82, 2.24) is 5.16 Å². The first-order chi connectivity index (χ1) is 7.65. The second-order valence-corrected chi connectivity index (χ2v) is 3.30. The van der Waals surface area contributed by atoms with Gasteiger partial charge in [-0.3, -0.25) is 0 Å². The van der Waals surface area contributed by atoms with Crippen molar-refractivity contribution in [1.29, 1.82) is 0 Å². The van der Waals surface area contributed by atoms with Crippen molar-refractivity contribution in [2.24, 2.45) is 0 Å². The number of hydrogen-bond acceptors (Lipinski definition) is 3. The van der Waals surface area contributed by atoms with Crippen LogP contribution >= 0.6 is 0 Å². The average Bonchev–Trinajstić information content (AvgIpc) is 2.66. The number of halogens is 2. The maximum absolute atomic E-state index is 13.1. The number of aryl methyl sites for hydroxylation is 1. The maximum Gasteiger partial charge on any atom is 0.174 e. The number of aromatic nitrogens is 1. The molecule has 0 aliphatic rings. The van der Waals surface area contributed by atoms with E-state index in [-0.39, 0.29) is 12.4 Å². The highest BCUT2D eigenvalue weighted by atomic mass is 19.1. The highest BCUT2D eigenvalue weighted by molar-refractivity contribution is 5.25. The third-order valence-electron chi connectivity index (χ3n) is 1.94. The lowest BCUT2D eigenvalue weighted by Crippen LogP contribution is -1.96. The van der Waals surface area contributed by atoms with Crippen molar-refractivity contribution in [3.63, 3.8) is 0 Å². The minimum absolute atomic E-state index is 0.0151. The molecular weight excluding hydrogens is 216 g/mol. The molecule has 0 aliphatic carbocycles. The van der Waals surface area contributed by atoms with Gasteiger partial charge in [-0.2, -0.15) is 0 Å². The fourth-order valence-corrected chi connectivity index (χ4v) is 1.22. The van der Waals surface area contributed by atoms with E-state index >= 15 is 0 Å². The van der Waals surface area contributed by atoms with Crippen molar-refractivity contribution in [2.75, 3.05) is 0 Å². The molecule has 5 heteroatoms. The summed E-state index contributed by atoms with van der Waals surface area (Å²) in [6.45, 7) is 1.77. The SMILES string of the molecule is Cc1cc(COc2cc(F)ccc2F)on1. The number of nitrogens with zero attached hydrogens (tertiary/aromatic N) is 1. The second kappa shape index (κ2) is 4.30. The van der Waals surface area contributed by atoms with Crippen LogP contribution in [-0.2, 0) is 6.61 Å². The molecule has 84 valence electrons. The summed E-state index contributed by atoms with van der Waals surface area (Å²) >= 11 is 0. The van der Waals surface area contributed by atoms with Gasteiger partial charge in [0.05, 0.1) is 5.69 Å². The fraction of sp³-hybridized carbons (Fsp3) is 0.182. The number of benzene rings is 1. The summed E-state index contributed by atoms with van der Waals surface area (Å²) < 4.78 is 35.9. The van der Waals surface area contributed by atoms with Gasteiger partial charge >= 0.3 is 0 Å². The molecule has 0 saturated carbocycles. The van der Waals surface area contributed by atoms with Gasteiger partial charge in [-0.15, -0.1) is 0 Å². The summed E-state index contributed by atoms with van der Waals surface area (Å²) in [5.41, 5.74) is 0.707. The van der Waals surface area contributed by atoms with Crippen LogP contribution in [0.4, 0.5) is 8.78 Å². The molecule has 16 heavy (non-hydrogen) atoms. The number of rotatable bonds is 3. The number of ether oxygens (including phenoxy) is 1. The maximum atomic E-state index is 13.1. The second-order valence-electron chi connectivity index (χ2n) is 3.30. The first-order valence-corrected chi connectivity index (χ1v) is 4.65. The molecule has 2 aromatic rings. The van der Waals surface area contributed by atoms with Gasteiger partial charge in [0.1, 0.15) is 12.4 Å². The molecule has 1 heterocycles. The molecule has 2 rings (SSSR count). The molecule has 1 aromatic carbocycles. The Balaban J connectivity index is 2.07. The highest BCUT2D eigenvalue weighted by Gasteiger charge is 2.07. The zero-order chi connectivity index (χ0) is 11.5. The van der Waals surface area contributed by atoms with Crippen LogP contribution in [0, 0.1) is 18.6 Å². The van der Waals surface area contributed by atoms with Crippen LogP contribution in [0.25, 0.3) is 0 Å². The first kappa shape index (κ1) is 10.6. The van der Waals surface area contributed by atoms with Crippen molar-refractivity contribution in [3.8, 4) is 5.75 Å². The van der Waals surface area contributed by atoms with Crippen LogP contribution < -0.4 is 4.74 Å². The topological polar surface area (TPSA) is 35.3 Å². The summed E-state index contributed by atoms with van der Waals surface area (Å²) in [7, 11) is 0. The molecule has 1 aromatic heterocycles. The van der Waals surface area contributed by atoms with Crippen LogP contribution in [0.5, 0.6) is 5.75 Å². The van der Waals surface area contributed by atoms with Gasteiger partial charge < -0.3 is 9.26 Å². The van der Waals surface area contributed by atoms with Crippen LogP contribution in [0.15, 0.2) is 28.8 Å². The Morgan fingerprint density at radius 3 is 2.81 bits per heavy atom. The van der Waals surface area contributed by atoms with Crippen molar-refractivity contribution in [3.05, 3.63) is 47.4 Å². The van der Waals surface area contributed by atoms with E-state index in [0.29, 0.717) is 11.5 Å². The lowest BCUT2D eigenvalue weighted by atomic mass is 10.3. The molecule has 0 aliphatic heterocycles. The summed E-state index contributed by atoms with van der Waals surface area (Å²) in [5.74, 6) is -0.849. The van der Waals surface area contributed by atoms with E-state index in [2.05, 4.69) is 5.16 Å². The lowest BCUT2D eigenvalue weighted by Gasteiger charge is -2.04. The van der Waals surface area contributed by atoms with E-state index in [1.807, 2.05) is 0 Å². The molecule has 0 spiro atoms. The smallest absolute Gasteiger partial charge is 0.174 e. The van der Waals surface area contributed by atoms with Gasteiger partial charge in [0.2, 0.25) is 0 Å². The van der Waals surface area contributed by atoms with E-state index in [1.165, 1.54) is 0 Å². The van der Waals surface area contributed by atoms with Gasteiger partial charge in [0.25, 0.3) is 0 Å². The third kappa shape index (κ3) is 2.36. The fourth-order valence-electron chi connectivity index (χ4n) is 1.22. The predicted molar refractivity (Wildman–Crippen MR) is 51.9 cm³/mol. The lowest BCUT2D eigenvalue weighted by molar-refractivity contribution is 0.239. The molecule has 0 atom stereocenters. The average molecular weight is 225 g/mol. The largest absolute Gasteiger partial charge is 0.482 e. The predicted octanol–water partition coefficient (Wildman–Crippen LogP) is 2.84. The molecule has 0 radical (unpaired) electrons. The zero-order valence-corrected chi connectivity index (χ0v) is 8.54. The minimum Gasteiger partial charge on any atom is -0.482 e. The Hall–Kier alpha value is -1.91. The van der Waals surface area contributed by atoms with Crippen molar-refractivity contribution >= 4 is 0 Å². The Kier molecular flexibility index (Phi) is 2.85. The van der Waals surface area contributed by atoms with E-state index < -0.39 is 11.6 Å². The molecule has 0 unspecified atom stereocenters. The molecule has 0 N–H and O–H groups in total. The zero-order valence-electron chi connectivity index (χ0n) is 8.54. The highest BCUT2D eigenvalue weighted by Crippen LogP contribution is 2.19. The summed E-state index contributed by atoms with van der Waals surface area (Å²) in [5, 5.41) is 3.65. The van der Waals surface area contributed by atoms with Crippen LogP contribution in [0.3, 0.4) is 0 Å². The summed E-state index contributed by atoms with van der Waals surface area (Å²) in [6.07, 6.45) is 0. The quantitative estimate of drug-likeness (QED) is 0.805. The third-order valence-corrected chi connectivity index (χ3v) is 1.94. The monoisotopic (exact) mass is 225 g/mol. The van der Waals surface area contributed by atoms with Gasteiger partial charge in [-0.1, -0.05) is 5.16 Å². The van der Waals surface area contributed by atoms with Gasteiger partial charge in [0.15, 0.2) is 17.3 Å². The molecule has 0 amide bonds. The molecule has 3 nitrogen and oxygen atoms in total. The molecule has 0 saturated heterocycles. The molecule has 0 bridgehead atoms. The van der Waals surface area contributed by atoms with E-state index in [0.717, 1.165) is 18.2 Å². The van der Waals surface area contributed by atoms with Crippen LogP contribution in [0.1, 0.15) is 11.5 Å². The Morgan fingerprint density at radius 1 is 1.31 bits per heavy atom. The Morgan fingerprint density at radius 2 is 2.12 bits per heavy atom. The van der Waals surface area contributed by atoms with E-state index in [4.69, 9.17) is 9.26 Å². The Bertz CT molecular complexity index is 496. The number of hydrogen-bond donors (Lipinski definition) is 0. The first-order valence-electron chi connectivity index (χ1n) is 4.65. The summed E-state index contributed by atoms with van der Waals surface area (Å²) in [6, 6.07) is 4.69. The van der Waals surface area contributed by atoms with Gasteiger partial charge in [0, 0.05) is 12.1 Å². The van der Waals surface area contributed by atoms with E-state index in [9.17, 15) is 8.78 Å². The standard InChI is InChI=1S/C11H9F2NO2/c1-7-4-9(16-14-7)6-15-11-5-8(12)2-3-10(11)13/h2-5H,6H2,1H3. The minimum atomic E-state index is -0.613.